The maximum Gasteiger partial charge on any atom is 0.191 e. The van der Waals surface area contributed by atoms with Crippen molar-refractivity contribution in [1.29, 1.82) is 0 Å². The van der Waals surface area contributed by atoms with Crippen molar-refractivity contribution in [2.45, 2.75) is 32.8 Å². The summed E-state index contributed by atoms with van der Waals surface area (Å²) in [4.78, 5) is 4.21. The minimum Gasteiger partial charge on any atom is -0.489 e. The lowest BCUT2D eigenvalue weighted by Crippen LogP contribution is -2.42. The zero-order valence-electron chi connectivity index (χ0n) is 14.0. The number of unbranched alkanes of at least 4 members (excludes halogenated alkanes) is 1. The smallest absolute Gasteiger partial charge is 0.191 e. The Morgan fingerprint density at radius 3 is 2.64 bits per heavy atom. The Labute approximate surface area is 134 Å². The van der Waals surface area contributed by atoms with Crippen molar-refractivity contribution in [2.24, 2.45) is 4.99 Å². The molecule has 0 aliphatic carbocycles. The third-order valence-electron chi connectivity index (χ3n) is 3.07. The molecule has 1 aromatic carbocycles. The predicted molar refractivity (Wildman–Crippen MR) is 91.6 cm³/mol. The quantitative estimate of drug-likeness (QED) is 0.396. The van der Waals surface area contributed by atoms with Gasteiger partial charge in [-0.2, -0.15) is 0 Å². The number of benzene rings is 1. The van der Waals surface area contributed by atoms with Gasteiger partial charge in [-0.05, 0) is 38.8 Å². The van der Waals surface area contributed by atoms with Crippen molar-refractivity contribution in [3.8, 4) is 5.75 Å². The van der Waals surface area contributed by atoms with Crippen molar-refractivity contribution in [3.63, 3.8) is 0 Å². The molecule has 2 N–H and O–H groups in total. The Morgan fingerprint density at radius 1 is 1.18 bits per heavy atom. The van der Waals surface area contributed by atoms with Gasteiger partial charge < -0.3 is 20.1 Å². The summed E-state index contributed by atoms with van der Waals surface area (Å²) >= 11 is 0. The molecule has 22 heavy (non-hydrogen) atoms. The average molecular weight is 307 g/mol. The molecule has 0 heterocycles. The molecule has 0 saturated heterocycles. The fourth-order valence-electron chi connectivity index (χ4n) is 1.91. The number of rotatable bonds is 10. The molecule has 5 nitrogen and oxygen atoms in total. The normalized spacial score (nSPS) is 12.8. The highest BCUT2D eigenvalue weighted by atomic mass is 16.5. The topological polar surface area (TPSA) is 54.9 Å². The van der Waals surface area contributed by atoms with E-state index in [9.17, 15) is 0 Å². The molecule has 0 aromatic heterocycles. The molecule has 0 spiro atoms. The largest absolute Gasteiger partial charge is 0.489 e. The lowest BCUT2D eigenvalue weighted by molar-refractivity contribution is 0.143. The molecular formula is C17H29N3O2. The molecule has 1 unspecified atom stereocenters. The molecular weight excluding hydrogens is 278 g/mol. The minimum atomic E-state index is 0.0684. The second-order valence-corrected chi connectivity index (χ2v) is 5.03. The zero-order chi connectivity index (χ0) is 16.0. The first-order valence-corrected chi connectivity index (χ1v) is 8.00. The molecule has 0 saturated carbocycles. The van der Waals surface area contributed by atoms with Gasteiger partial charge in [0.15, 0.2) is 5.96 Å². The highest BCUT2D eigenvalue weighted by Gasteiger charge is 2.05. The van der Waals surface area contributed by atoms with E-state index in [4.69, 9.17) is 9.47 Å². The van der Waals surface area contributed by atoms with Crippen LogP contribution in [0.2, 0.25) is 0 Å². The van der Waals surface area contributed by atoms with E-state index in [1.54, 1.807) is 7.05 Å². The summed E-state index contributed by atoms with van der Waals surface area (Å²) in [6.45, 7) is 7.26. The van der Waals surface area contributed by atoms with E-state index in [1.807, 2.05) is 44.2 Å². The zero-order valence-corrected chi connectivity index (χ0v) is 14.0. The van der Waals surface area contributed by atoms with Crippen molar-refractivity contribution >= 4 is 5.96 Å². The molecule has 0 bridgehead atoms. The van der Waals surface area contributed by atoms with Gasteiger partial charge in [-0.3, -0.25) is 4.99 Å². The van der Waals surface area contributed by atoms with Gasteiger partial charge in [-0.25, -0.2) is 0 Å². The summed E-state index contributed by atoms with van der Waals surface area (Å²) in [7, 11) is 1.78. The fraction of sp³-hybridized carbons (Fsp3) is 0.588. The van der Waals surface area contributed by atoms with Crippen LogP contribution in [-0.4, -0.2) is 45.4 Å². The number of nitrogens with zero attached hydrogens (tertiary/aromatic N) is 1. The maximum absolute atomic E-state index is 5.82. The predicted octanol–water partition coefficient (Wildman–Crippen LogP) is 2.44. The summed E-state index contributed by atoms with van der Waals surface area (Å²) in [6, 6.07) is 9.84. The molecule has 0 amide bonds. The van der Waals surface area contributed by atoms with Gasteiger partial charge in [0, 0.05) is 26.8 Å². The lowest BCUT2D eigenvalue weighted by atomic mass is 10.3. The summed E-state index contributed by atoms with van der Waals surface area (Å²) in [6.07, 6.45) is 2.20. The summed E-state index contributed by atoms with van der Waals surface area (Å²) in [5.74, 6) is 1.69. The van der Waals surface area contributed by atoms with Gasteiger partial charge in [-0.1, -0.05) is 18.2 Å². The summed E-state index contributed by atoms with van der Waals surface area (Å²) in [5.41, 5.74) is 0. The molecule has 0 fully saturated rings. The molecule has 0 aliphatic rings. The van der Waals surface area contributed by atoms with Crippen LogP contribution in [-0.2, 0) is 4.74 Å². The van der Waals surface area contributed by atoms with Gasteiger partial charge in [0.1, 0.15) is 11.9 Å². The van der Waals surface area contributed by atoms with Crippen LogP contribution in [0.25, 0.3) is 0 Å². The molecule has 0 aliphatic heterocycles. The summed E-state index contributed by atoms with van der Waals surface area (Å²) in [5, 5.41) is 6.57. The first kappa shape index (κ1) is 18.3. The Hall–Kier alpha value is -1.75. The van der Waals surface area contributed by atoms with Crippen LogP contribution in [0, 0.1) is 0 Å². The molecule has 1 rings (SSSR count). The van der Waals surface area contributed by atoms with Gasteiger partial charge in [0.2, 0.25) is 0 Å². The SMILES string of the molecule is CCOCCCCNC(=NC)NCC(C)Oc1ccccc1. The van der Waals surface area contributed by atoms with Crippen molar-refractivity contribution in [1.82, 2.24) is 10.6 Å². The number of nitrogens with one attached hydrogen (secondary N) is 2. The van der Waals surface area contributed by atoms with E-state index in [-0.39, 0.29) is 6.10 Å². The van der Waals surface area contributed by atoms with Crippen LogP contribution in [0.4, 0.5) is 0 Å². The second-order valence-electron chi connectivity index (χ2n) is 5.03. The standard InChI is InChI=1S/C17H29N3O2/c1-4-21-13-9-8-12-19-17(18-3)20-14-15(2)22-16-10-6-5-7-11-16/h5-7,10-11,15H,4,8-9,12-14H2,1-3H3,(H2,18,19,20). The van der Waals surface area contributed by atoms with Crippen LogP contribution in [0.3, 0.4) is 0 Å². The van der Waals surface area contributed by atoms with Gasteiger partial charge in [0.25, 0.3) is 0 Å². The van der Waals surface area contributed by atoms with E-state index in [2.05, 4.69) is 15.6 Å². The Morgan fingerprint density at radius 2 is 1.95 bits per heavy atom. The highest BCUT2D eigenvalue weighted by Crippen LogP contribution is 2.10. The van der Waals surface area contributed by atoms with Crippen LogP contribution < -0.4 is 15.4 Å². The number of guanidine groups is 1. The number of ether oxygens (including phenoxy) is 2. The van der Waals surface area contributed by atoms with E-state index in [0.29, 0.717) is 6.54 Å². The summed E-state index contributed by atoms with van der Waals surface area (Å²) < 4.78 is 11.1. The average Bonchev–Trinajstić information content (AvgIpc) is 2.54. The Kier molecular flexibility index (Phi) is 9.87. The molecule has 124 valence electrons. The van der Waals surface area contributed by atoms with Gasteiger partial charge in [-0.15, -0.1) is 0 Å². The molecule has 1 aromatic rings. The van der Waals surface area contributed by atoms with Crippen LogP contribution in [0.15, 0.2) is 35.3 Å². The second kappa shape index (κ2) is 11.9. The Balaban J connectivity index is 2.15. The number of hydrogen-bond acceptors (Lipinski definition) is 3. The van der Waals surface area contributed by atoms with Crippen molar-refractivity contribution in [2.75, 3.05) is 33.4 Å². The molecule has 0 radical (unpaired) electrons. The molecule has 5 heteroatoms. The van der Waals surface area contributed by atoms with Gasteiger partial charge in [0.05, 0.1) is 6.54 Å². The number of aliphatic imine (C=N–C) groups is 1. The minimum absolute atomic E-state index is 0.0684. The Bertz CT molecular complexity index is 410. The van der Waals surface area contributed by atoms with E-state index >= 15 is 0 Å². The first-order chi connectivity index (χ1) is 10.8. The van der Waals surface area contributed by atoms with Crippen molar-refractivity contribution in [3.05, 3.63) is 30.3 Å². The van der Waals surface area contributed by atoms with E-state index in [1.165, 1.54) is 0 Å². The monoisotopic (exact) mass is 307 g/mol. The van der Waals surface area contributed by atoms with E-state index in [0.717, 1.165) is 44.3 Å². The lowest BCUT2D eigenvalue weighted by Gasteiger charge is -2.17. The van der Waals surface area contributed by atoms with E-state index < -0.39 is 0 Å². The van der Waals surface area contributed by atoms with Crippen LogP contribution >= 0.6 is 0 Å². The highest BCUT2D eigenvalue weighted by molar-refractivity contribution is 5.79. The third-order valence-corrected chi connectivity index (χ3v) is 3.07. The first-order valence-electron chi connectivity index (χ1n) is 8.00. The maximum atomic E-state index is 5.82. The third kappa shape index (κ3) is 8.52. The number of hydrogen-bond donors (Lipinski definition) is 2. The van der Waals surface area contributed by atoms with Crippen LogP contribution in [0.5, 0.6) is 5.75 Å². The fourth-order valence-corrected chi connectivity index (χ4v) is 1.91. The molecule has 1 atom stereocenters. The van der Waals surface area contributed by atoms with Crippen LogP contribution in [0.1, 0.15) is 26.7 Å². The van der Waals surface area contributed by atoms with Crippen molar-refractivity contribution < 1.29 is 9.47 Å². The number of para-hydroxylation sites is 1. The van der Waals surface area contributed by atoms with Gasteiger partial charge >= 0.3 is 0 Å².